The minimum atomic E-state index is -0.0296. The Balaban J connectivity index is 1.94. The smallest absolute Gasteiger partial charge is 0.278 e. The lowest BCUT2D eigenvalue weighted by Gasteiger charge is -2.34. The molecule has 0 fully saturated rings. The van der Waals surface area contributed by atoms with Gasteiger partial charge in [0, 0.05) is 31.5 Å². The summed E-state index contributed by atoms with van der Waals surface area (Å²) >= 11 is 0. The molecule has 1 aromatic heterocycles. The fraction of sp³-hybridized carbons (Fsp3) is 0.375. The number of aryl methyl sites for hydroxylation is 1. The maximum absolute atomic E-state index is 12.7. The van der Waals surface area contributed by atoms with Crippen LogP contribution in [0.15, 0.2) is 36.8 Å². The Morgan fingerprint density at radius 1 is 1.43 bits per heavy atom. The van der Waals surface area contributed by atoms with Crippen molar-refractivity contribution in [1.29, 1.82) is 0 Å². The number of aromatic nitrogens is 2. The van der Waals surface area contributed by atoms with Gasteiger partial charge >= 0.3 is 0 Å². The summed E-state index contributed by atoms with van der Waals surface area (Å²) in [7, 11) is 1.87. The first-order valence-electron chi connectivity index (χ1n) is 7.33. The molecule has 3 rings (SSSR count). The van der Waals surface area contributed by atoms with Crippen LogP contribution < -0.4 is 10.2 Å². The average Bonchev–Trinajstić information content (AvgIpc) is 2.94. The SMILES string of the molecule is CCNC1CCN(C(=O)c2cn(C)cn2)c2ccccc21. The van der Waals surface area contributed by atoms with E-state index >= 15 is 0 Å². The van der Waals surface area contributed by atoms with E-state index < -0.39 is 0 Å². The zero-order valence-electron chi connectivity index (χ0n) is 12.4. The highest BCUT2D eigenvalue weighted by atomic mass is 16.2. The van der Waals surface area contributed by atoms with Crippen LogP contribution in [0.3, 0.4) is 0 Å². The number of para-hydroxylation sites is 1. The van der Waals surface area contributed by atoms with Crippen molar-refractivity contribution < 1.29 is 4.79 Å². The predicted octanol–water partition coefficient (Wildman–Crippen LogP) is 2.12. The van der Waals surface area contributed by atoms with Crippen molar-refractivity contribution in [3.05, 3.63) is 48.0 Å². The number of nitrogens with one attached hydrogen (secondary N) is 1. The molecule has 0 spiro atoms. The van der Waals surface area contributed by atoms with Gasteiger partial charge in [0.1, 0.15) is 5.69 Å². The zero-order valence-corrected chi connectivity index (χ0v) is 12.4. The molecule has 0 radical (unpaired) electrons. The second kappa shape index (κ2) is 5.69. The highest BCUT2D eigenvalue weighted by Gasteiger charge is 2.29. The molecule has 21 heavy (non-hydrogen) atoms. The van der Waals surface area contributed by atoms with Crippen molar-refractivity contribution in [2.45, 2.75) is 19.4 Å². The molecule has 2 aromatic rings. The van der Waals surface area contributed by atoms with Gasteiger partial charge in [-0.1, -0.05) is 25.1 Å². The number of imidazole rings is 1. The molecule has 2 heterocycles. The number of fused-ring (bicyclic) bond motifs is 1. The van der Waals surface area contributed by atoms with Crippen LogP contribution >= 0.6 is 0 Å². The first-order valence-corrected chi connectivity index (χ1v) is 7.33. The van der Waals surface area contributed by atoms with Gasteiger partial charge in [0.2, 0.25) is 0 Å². The van der Waals surface area contributed by atoms with Crippen molar-refractivity contribution in [3.63, 3.8) is 0 Å². The van der Waals surface area contributed by atoms with Gasteiger partial charge in [-0.3, -0.25) is 4.79 Å². The van der Waals surface area contributed by atoms with E-state index in [-0.39, 0.29) is 5.91 Å². The fourth-order valence-electron chi connectivity index (χ4n) is 2.89. The Morgan fingerprint density at radius 2 is 2.24 bits per heavy atom. The number of amides is 1. The molecule has 1 aliphatic rings. The third kappa shape index (κ3) is 2.56. The lowest BCUT2D eigenvalue weighted by atomic mass is 9.96. The van der Waals surface area contributed by atoms with Gasteiger partial charge in [0.25, 0.3) is 5.91 Å². The van der Waals surface area contributed by atoms with E-state index in [1.54, 1.807) is 17.1 Å². The molecule has 1 aromatic carbocycles. The molecular weight excluding hydrogens is 264 g/mol. The van der Waals surface area contributed by atoms with E-state index in [1.165, 1.54) is 5.56 Å². The molecule has 1 unspecified atom stereocenters. The van der Waals surface area contributed by atoms with Gasteiger partial charge in [-0.25, -0.2) is 4.98 Å². The quantitative estimate of drug-likeness (QED) is 0.939. The molecule has 110 valence electrons. The Hall–Kier alpha value is -2.14. The molecule has 1 atom stereocenters. The standard InChI is InChI=1S/C16H20N4O/c1-3-17-13-8-9-20(15-7-5-4-6-12(13)15)16(21)14-10-19(2)11-18-14/h4-7,10-11,13,17H,3,8-9H2,1-2H3. The first-order chi connectivity index (χ1) is 10.2. The zero-order chi connectivity index (χ0) is 14.8. The second-order valence-electron chi connectivity index (χ2n) is 5.34. The summed E-state index contributed by atoms with van der Waals surface area (Å²) in [5.74, 6) is -0.0296. The Morgan fingerprint density at radius 3 is 2.95 bits per heavy atom. The number of benzene rings is 1. The number of hydrogen-bond acceptors (Lipinski definition) is 3. The van der Waals surface area contributed by atoms with Gasteiger partial charge in [-0.05, 0) is 24.6 Å². The summed E-state index contributed by atoms with van der Waals surface area (Å²) in [6.07, 6.45) is 4.34. The van der Waals surface area contributed by atoms with Crippen molar-refractivity contribution in [3.8, 4) is 0 Å². The monoisotopic (exact) mass is 284 g/mol. The van der Waals surface area contributed by atoms with Crippen LogP contribution in [0.4, 0.5) is 5.69 Å². The third-order valence-electron chi connectivity index (χ3n) is 3.86. The molecule has 1 amide bonds. The molecule has 0 bridgehead atoms. The van der Waals surface area contributed by atoms with Gasteiger partial charge in [0.15, 0.2) is 0 Å². The Bertz CT molecular complexity index is 649. The highest BCUT2D eigenvalue weighted by Crippen LogP contribution is 2.34. The Labute approximate surface area is 124 Å². The summed E-state index contributed by atoms with van der Waals surface area (Å²) in [4.78, 5) is 18.7. The fourth-order valence-corrected chi connectivity index (χ4v) is 2.89. The van der Waals surface area contributed by atoms with E-state index in [2.05, 4.69) is 23.3 Å². The summed E-state index contributed by atoms with van der Waals surface area (Å²) in [6, 6.07) is 8.43. The predicted molar refractivity (Wildman–Crippen MR) is 82.4 cm³/mol. The van der Waals surface area contributed by atoms with Crippen LogP contribution in [0.1, 0.15) is 35.4 Å². The van der Waals surface area contributed by atoms with E-state index in [9.17, 15) is 4.79 Å². The van der Waals surface area contributed by atoms with Gasteiger partial charge in [0.05, 0.1) is 6.33 Å². The van der Waals surface area contributed by atoms with Crippen molar-refractivity contribution in [2.24, 2.45) is 7.05 Å². The molecule has 1 aliphatic heterocycles. The van der Waals surface area contributed by atoms with Crippen LogP contribution in [0.2, 0.25) is 0 Å². The summed E-state index contributed by atoms with van der Waals surface area (Å²) in [5, 5.41) is 3.49. The first kappa shape index (κ1) is 13.8. The maximum atomic E-state index is 12.7. The van der Waals surface area contributed by atoms with Crippen LogP contribution in [0.5, 0.6) is 0 Å². The summed E-state index contributed by atoms with van der Waals surface area (Å²) in [6.45, 7) is 3.74. The number of carbonyl (C=O) groups excluding carboxylic acids is 1. The molecule has 5 heteroatoms. The number of nitrogens with zero attached hydrogens (tertiary/aromatic N) is 3. The van der Waals surface area contributed by atoms with Gasteiger partial charge in [-0.2, -0.15) is 0 Å². The molecule has 0 saturated carbocycles. The number of carbonyl (C=O) groups is 1. The van der Waals surface area contributed by atoms with E-state index in [4.69, 9.17) is 0 Å². The van der Waals surface area contributed by atoms with E-state index in [1.807, 2.05) is 30.1 Å². The molecular formula is C16H20N4O. The molecule has 5 nitrogen and oxygen atoms in total. The summed E-state index contributed by atoms with van der Waals surface area (Å²) < 4.78 is 1.80. The van der Waals surface area contributed by atoms with Crippen LogP contribution in [0, 0.1) is 0 Å². The lowest BCUT2D eigenvalue weighted by molar-refractivity contribution is 0.0979. The largest absolute Gasteiger partial charge is 0.340 e. The minimum absolute atomic E-state index is 0.0296. The van der Waals surface area contributed by atoms with Crippen molar-refractivity contribution in [2.75, 3.05) is 18.0 Å². The summed E-state index contributed by atoms with van der Waals surface area (Å²) in [5.41, 5.74) is 2.68. The van der Waals surface area contributed by atoms with Gasteiger partial charge < -0.3 is 14.8 Å². The average molecular weight is 284 g/mol. The third-order valence-corrected chi connectivity index (χ3v) is 3.86. The lowest BCUT2D eigenvalue weighted by Crippen LogP contribution is -2.39. The molecule has 0 saturated heterocycles. The second-order valence-corrected chi connectivity index (χ2v) is 5.34. The number of rotatable bonds is 3. The normalized spacial score (nSPS) is 17.6. The molecule has 0 aliphatic carbocycles. The van der Waals surface area contributed by atoms with Crippen LogP contribution in [-0.4, -0.2) is 28.5 Å². The van der Waals surface area contributed by atoms with Crippen LogP contribution in [0.25, 0.3) is 0 Å². The topological polar surface area (TPSA) is 50.2 Å². The van der Waals surface area contributed by atoms with Crippen molar-refractivity contribution in [1.82, 2.24) is 14.9 Å². The Kier molecular flexibility index (Phi) is 3.75. The van der Waals surface area contributed by atoms with Gasteiger partial charge in [-0.15, -0.1) is 0 Å². The highest BCUT2D eigenvalue weighted by molar-refractivity contribution is 6.05. The molecule has 1 N–H and O–H groups in total. The van der Waals surface area contributed by atoms with E-state index in [0.29, 0.717) is 18.3 Å². The maximum Gasteiger partial charge on any atom is 0.278 e. The van der Waals surface area contributed by atoms with Crippen molar-refractivity contribution >= 4 is 11.6 Å². The van der Waals surface area contributed by atoms with Crippen LogP contribution in [-0.2, 0) is 7.05 Å². The number of hydrogen-bond donors (Lipinski definition) is 1. The van der Waals surface area contributed by atoms with E-state index in [0.717, 1.165) is 18.7 Å². The number of anilines is 1. The minimum Gasteiger partial charge on any atom is -0.340 e.